The molecule has 6 heteroatoms. The molecule has 1 fully saturated rings. The minimum absolute atomic E-state index is 0.202. The Kier molecular flexibility index (Phi) is 3.51. The first kappa shape index (κ1) is 12.5. The van der Waals surface area contributed by atoms with Crippen molar-refractivity contribution in [2.45, 2.75) is 32.4 Å². The largest absolute Gasteiger partial charge is 0.481 e. The lowest BCUT2D eigenvalue weighted by Crippen LogP contribution is -2.65. The van der Waals surface area contributed by atoms with Crippen molar-refractivity contribution in [3.05, 3.63) is 0 Å². The fraction of sp³-hybridized carbons (Fsp3) is 0.700. The predicted molar refractivity (Wildman–Crippen MR) is 55.6 cm³/mol. The SMILES string of the molecule is CC(=O)NC1CC(C(=O)O)C1N(C)C(C)=O. The molecule has 0 aromatic carbocycles. The van der Waals surface area contributed by atoms with Gasteiger partial charge in [0.05, 0.1) is 18.0 Å². The second-order valence-electron chi connectivity index (χ2n) is 4.11. The van der Waals surface area contributed by atoms with Crippen LogP contribution < -0.4 is 5.32 Å². The van der Waals surface area contributed by atoms with E-state index in [1.165, 1.54) is 18.7 Å². The average molecular weight is 228 g/mol. The molecule has 0 aromatic rings. The van der Waals surface area contributed by atoms with Crippen LogP contribution in [0.25, 0.3) is 0 Å². The maximum atomic E-state index is 11.2. The summed E-state index contributed by atoms with van der Waals surface area (Å²) in [6, 6.07) is -0.702. The Balaban J connectivity index is 2.74. The van der Waals surface area contributed by atoms with Crippen LogP contribution in [-0.2, 0) is 14.4 Å². The molecule has 90 valence electrons. The van der Waals surface area contributed by atoms with E-state index in [2.05, 4.69) is 5.32 Å². The lowest BCUT2D eigenvalue weighted by Gasteiger charge is -2.46. The van der Waals surface area contributed by atoms with Gasteiger partial charge in [0.15, 0.2) is 0 Å². The van der Waals surface area contributed by atoms with Crippen molar-refractivity contribution in [3.63, 3.8) is 0 Å². The van der Waals surface area contributed by atoms with Gasteiger partial charge in [-0.15, -0.1) is 0 Å². The average Bonchev–Trinajstić information content (AvgIpc) is 2.10. The Morgan fingerprint density at radius 1 is 1.31 bits per heavy atom. The summed E-state index contributed by atoms with van der Waals surface area (Å²) in [4.78, 5) is 34.4. The molecule has 0 radical (unpaired) electrons. The maximum absolute atomic E-state index is 11.2. The van der Waals surface area contributed by atoms with Gasteiger partial charge < -0.3 is 15.3 Å². The molecule has 2 N–H and O–H groups in total. The van der Waals surface area contributed by atoms with Crippen LogP contribution in [0.4, 0.5) is 0 Å². The summed E-state index contributed by atoms with van der Waals surface area (Å²) >= 11 is 0. The summed E-state index contributed by atoms with van der Waals surface area (Å²) in [6.45, 7) is 2.75. The van der Waals surface area contributed by atoms with Gasteiger partial charge in [-0.1, -0.05) is 0 Å². The van der Waals surface area contributed by atoms with Gasteiger partial charge in [0.25, 0.3) is 0 Å². The summed E-state index contributed by atoms with van der Waals surface area (Å²) in [6.07, 6.45) is 0.372. The summed E-state index contributed by atoms with van der Waals surface area (Å²) in [7, 11) is 1.55. The Morgan fingerprint density at radius 2 is 1.88 bits per heavy atom. The number of carbonyl (C=O) groups is 3. The van der Waals surface area contributed by atoms with Crippen molar-refractivity contribution in [1.82, 2.24) is 10.2 Å². The third kappa shape index (κ3) is 2.32. The monoisotopic (exact) mass is 228 g/mol. The molecule has 0 heterocycles. The molecule has 1 aliphatic carbocycles. The molecule has 0 aliphatic heterocycles. The molecule has 16 heavy (non-hydrogen) atoms. The minimum Gasteiger partial charge on any atom is -0.481 e. The minimum atomic E-state index is -0.931. The number of hydrogen-bond acceptors (Lipinski definition) is 3. The van der Waals surface area contributed by atoms with E-state index in [-0.39, 0.29) is 17.9 Å². The number of carbonyl (C=O) groups excluding carboxylic acids is 2. The van der Waals surface area contributed by atoms with Crippen molar-refractivity contribution >= 4 is 17.8 Å². The van der Waals surface area contributed by atoms with Gasteiger partial charge in [0, 0.05) is 20.9 Å². The molecular weight excluding hydrogens is 212 g/mol. The molecule has 2 amide bonds. The Morgan fingerprint density at radius 3 is 2.25 bits per heavy atom. The van der Waals surface area contributed by atoms with E-state index in [0.717, 1.165) is 0 Å². The number of likely N-dealkylation sites (N-methyl/N-ethyl adjacent to an activating group) is 1. The third-order valence-electron chi connectivity index (χ3n) is 2.98. The van der Waals surface area contributed by atoms with Crippen LogP contribution in [0.2, 0.25) is 0 Å². The van der Waals surface area contributed by atoms with Crippen molar-refractivity contribution < 1.29 is 19.5 Å². The van der Waals surface area contributed by atoms with E-state index in [1.807, 2.05) is 0 Å². The van der Waals surface area contributed by atoms with Crippen LogP contribution in [0.3, 0.4) is 0 Å². The predicted octanol–water partition coefficient (Wildman–Crippen LogP) is -0.557. The first-order valence-electron chi connectivity index (χ1n) is 5.08. The van der Waals surface area contributed by atoms with Crippen LogP contribution in [0.15, 0.2) is 0 Å². The highest BCUT2D eigenvalue weighted by molar-refractivity contribution is 5.79. The summed E-state index contributed by atoms with van der Waals surface area (Å²) in [5, 5.41) is 11.6. The zero-order valence-corrected chi connectivity index (χ0v) is 9.56. The van der Waals surface area contributed by atoms with Gasteiger partial charge in [-0.25, -0.2) is 0 Å². The van der Waals surface area contributed by atoms with Crippen molar-refractivity contribution in [1.29, 1.82) is 0 Å². The normalized spacial score (nSPS) is 27.8. The van der Waals surface area contributed by atoms with Gasteiger partial charge in [-0.3, -0.25) is 14.4 Å². The van der Waals surface area contributed by atoms with E-state index >= 15 is 0 Å². The van der Waals surface area contributed by atoms with E-state index in [1.54, 1.807) is 7.05 Å². The molecule has 0 spiro atoms. The third-order valence-corrected chi connectivity index (χ3v) is 2.98. The van der Waals surface area contributed by atoms with E-state index in [9.17, 15) is 14.4 Å². The fourth-order valence-electron chi connectivity index (χ4n) is 2.04. The molecule has 0 saturated heterocycles. The first-order chi connectivity index (χ1) is 7.34. The van der Waals surface area contributed by atoms with Gasteiger partial charge >= 0.3 is 5.97 Å². The Labute approximate surface area is 93.6 Å². The molecule has 3 unspecified atom stereocenters. The van der Waals surface area contributed by atoms with Crippen molar-refractivity contribution in [2.75, 3.05) is 7.05 Å². The molecule has 1 saturated carbocycles. The number of aliphatic carboxylic acids is 1. The van der Waals surface area contributed by atoms with Gasteiger partial charge in [0.1, 0.15) is 0 Å². The molecular formula is C10H16N2O4. The fourth-order valence-corrected chi connectivity index (χ4v) is 2.04. The highest BCUT2D eigenvalue weighted by atomic mass is 16.4. The van der Waals surface area contributed by atoms with Crippen LogP contribution in [0.1, 0.15) is 20.3 Å². The Hall–Kier alpha value is -1.59. The quantitative estimate of drug-likeness (QED) is 0.678. The summed E-state index contributed by atoms with van der Waals surface area (Å²) < 4.78 is 0. The van der Waals surface area contributed by atoms with Crippen LogP contribution >= 0.6 is 0 Å². The highest BCUT2D eigenvalue weighted by Gasteiger charge is 2.48. The lowest BCUT2D eigenvalue weighted by molar-refractivity contribution is -0.154. The van der Waals surface area contributed by atoms with E-state index in [4.69, 9.17) is 5.11 Å². The Bertz CT molecular complexity index is 313. The molecule has 0 bridgehead atoms. The smallest absolute Gasteiger partial charge is 0.308 e. The molecule has 1 aliphatic rings. The van der Waals surface area contributed by atoms with E-state index < -0.39 is 17.9 Å². The topological polar surface area (TPSA) is 86.7 Å². The standard InChI is InChI=1S/C10H16N2O4/c1-5(13)11-8-4-7(10(15)16)9(8)12(3)6(2)14/h7-9H,4H2,1-3H3,(H,11,13)(H,15,16). The van der Waals surface area contributed by atoms with E-state index in [0.29, 0.717) is 6.42 Å². The van der Waals surface area contributed by atoms with Crippen LogP contribution in [0, 0.1) is 5.92 Å². The molecule has 6 nitrogen and oxygen atoms in total. The summed E-state index contributed by atoms with van der Waals surface area (Å²) in [5.74, 6) is -1.94. The number of nitrogens with one attached hydrogen (secondary N) is 1. The number of rotatable bonds is 3. The van der Waals surface area contributed by atoms with Gasteiger partial charge in [0.2, 0.25) is 11.8 Å². The zero-order valence-electron chi connectivity index (χ0n) is 9.56. The molecule has 0 aromatic heterocycles. The van der Waals surface area contributed by atoms with Gasteiger partial charge in [-0.05, 0) is 6.42 Å². The van der Waals surface area contributed by atoms with Crippen molar-refractivity contribution in [2.24, 2.45) is 5.92 Å². The second-order valence-corrected chi connectivity index (χ2v) is 4.11. The number of amides is 2. The van der Waals surface area contributed by atoms with Gasteiger partial charge in [-0.2, -0.15) is 0 Å². The lowest BCUT2D eigenvalue weighted by atomic mass is 9.73. The number of carboxylic acid groups (broad SMARTS) is 1. The molecule has 3 atom stereocenters. The highest BCUT2D eigenvalue weighted by Crippen LogP contribution is 2.32. The second kappa shape index (κ2) is 4.51. The number of carboxylic acids is 1. The maximum Gasteiger partial charge on any atom is 0.308 e. The van der Waals surface area contributed by atoms with Crippen molar-refractivity contribution in [3.8, 4) is 0 Å². The van der Waals surface area contributed by atoms with Crippen LogP contribution in [0.5, 0.6) is 0 Å². The van der Waals surface area contributed by atoms with Crippen LogP contribution in [-0.4, -0.2) is 46.9 Å². The zero-order chi connectivity index (χ0) is 12.5. The summed E-state index contributed by atoms with van der Waals surface area (Å²) in [5.41, 5.74) is 0. The number of nitrogens with zero attached hydrogens (tertiary/aromatic N) is 1. The first-order valence-corrected chi connectivity index (χ1v) is 5.08. The number of hydrogen-bond donors (Lipinski definition) is 2. The molecule has 1 rings (SSSR count).